The molecular weight excluding hydrogens is 364 g/mol. The van der Waals surface area contributed by atoms with Crippen LogP contribution in [0.5, 0.6) is 0 Å². The molecule has 0 aliphatic rings. The topological polar surface area (TPSA) is 66.9 Å². The van der Waals surface area contributed by atoms with Gasteiger partial charge in [0.1, 0.15) is 5.01 Å². The van der Waals surface area contributed by atoms with Crippen LogP contribution in [0.1, 0.15) is 0 Å². The molecule has 3 rings (SSSR count). The number of aromatic nitrogens is 2. The van der Waals surface area contributed by atoms with E-state index in [9.17, 15) is 4.79 Å². The quantitative estimate of drug-likeness (QED) is 0.703. The van der Waals surface area contributed by atoms with Crippen molar-refractivity contribution in [2.24, 2.45) is 0 Å². The number of carbonyl (C=O) groups excluding carboxylic acids is 1. The molecule has 0 radical (unpaired) electrons. The van der Waals surface area contributed by atoms with Gasteiger partial charge < -0.3 is 5.32 Å². The van der Waals surface area contributed by atoms with Crippen molar-refractivity contribution in [3.63, 3.8) is 0 Å². The number of hydrogen-bond acceptors (Lipinski definition) is 4. The van der Waals surface area contributed by atoms with E-state index in [0.717, 1.165) is 20.7 Å². The summed E-state index contributed by atoms with van der Waals surface area (Å²) in [6, 6.07) is 16.6. The molecule has 7 heteroatoms. The van der Waals surface area contributed by atoms with Crippen LogP contribution in [0.2, 0.25) is 0 Å². The molecular formula is C15H11BrN4OS. The number of anilines is 2. The maximum Gasteiger partial charge on any atom is 0.325 e. The predicted octanol–water partition coefficient (Wildman–Crippen LogP) is 4.61. The highest BCUT2D eigenvalue weighted by atomic mass is 79.9. The number of halogens is 1. The first kappa shape index (κ1) is 14.7. The molecule has 2 N–H and O–H groups in total. The molecule has 0 aliphatic heterocycles. The van der Waals surface area contributed by atoms with Gasteiger partial charge in [0, 0.05) is 15.7 Å². The van der Waals surface area contributed by atoms with E-state index in [4.69, 9.17) is 0 Å². The summed E-state index contributed by atoms with van der Waals surface area (Å²) in [6.45, 7) is 0. The third kappa shape index (κ3) is 3.69. The second kappa shape index (κ2) is 6.67. The van der Waals surface area contributed by atoms with Gasteiger partial charge in [-0.15, -0.1) is 10.2 Å². The van der Waals surface area contributed by atoms with Gasteiger partial charge >= 0.3 is 6.03 Å². The number of rotatable bonds is 3. The molecule has 2 amide bonds. The SMILES string of the molecule is O=C(Nc1ccccc1)Nc1nnc(-c2cccc(Br)c2)s1. The van der Waals surface area contributed by atoms with Crippen LogP contribution in [0.3, 0.4) is 0 Å². The zero-order valence-electron chi connectivity index (χ0n) is 11.3. The summed E-state index contributed by atoms with van der Waals surface area (Å²) in [7, 11) is 0. The number of hydrogen-bond donors (Lipinski definition) is 2. The Morgan fingerprint density at radius 1 is 1.00 bits per heavy atom. The molecule has 0 aliphatic carbocycles. The van der Waals surface area contributed by atoms with Crippen LogP contribution in [0.15, 0.2) is 59.1 Å². The van der Waals surface area contributed by atoms with Crippen molar-refractivity contribution in [2.75, 3.05) is 10.6 Å². The lowest BCUT2D eigenvalue weighted by molar-refractivity contribution is 0.262. The molecule has 3 aromatic rings. The Morgan fingerprint density at radius 3 is 2.59 bits per heavy atom. The molecule has 22 heavy (non-hydrogen) atoms. The second-order valence-corrected chi connectivity index (χ2v) is 6.26. The molecule has 0 fully saturated rings. The van der Waals surface area contributed by atoms with Crippen molar-refractivity contribution < 1.29 is 4.79 Å². The van der Waals surface area contributed by atoms with Crippen molar-refractivity contribution >= 4 is 44.1 Å². The molecule has 0 spiro atoms. The molecule has 110 valence electrons. The van der Waals surface area contributed by atoms with Crippen molar-refractivity contribution in [1.82, 2.24) is 10.2 Å². The molecule has 2 aromatic carbocycles. The fraction of sp³-hybridized carbons (Fsp3) is 0. The molecule has 5 nitrogen and oxygen atoms in total. The van der Waals surface area contributed by atoms with Gasteiger partial charge in [0.05, 0.1) is 0 Å². The second-order valence-electron chi connectivity index (χ2n) is 4.37. The summed E-state index contributed by atoms with van der Waals surface area (Å²) in [5, 5.41) is 14.7. The Bertz CT molecular complexity index is 791. The average Bonchev–Trinajstić information content (AvgIpc) is 2.96. The molecule has 0 atom stereocenters. The van der Waals surface area contributed by atoms with Gasteiger partial charge in [-0.25, -0.2) is 4.79 Å². The summed E-state index contributed by atoms with van der Waals surface area (Å²) in [5.41, 5.74) is 1.67. The Labute approximate surface area is 139 Å². The van der Waals surface area contributed by atoms with Gasteiger partial charge in [0.25, 0.3) is 0 Å². The maximum absolute atomic E-state index is 11.9. The van der Waals surface area contributed by atoms with Crippen molar-refractivity contribution in [2.45, 2.75) is 0 Å². The number of para-hydroxylation sites is 1. The molecule has 0 saturated carbocycles. The van der Waals surface area contributed by atoms with E-state index >= 15 is 0 Å². The van der Waals surface area contributed by atoms with Crippen LogP contribution < -0.4 is 10.6 Å². The minimum Gasteiger partial charge on any atom is -0.308 e. The minimum absolute atomic E-state index is 0.344. The van der Waals surface area contributed by atoms with Crippen molar-refractivity contribution in [3.8, 4) is 10.6 Å². The average molecular weight is 375 g/mol. The standard InChI is InChI=1S/C15H11BrN4OS/c16-11-6-4-5-10(9-11)13-19-20-15(22-13)18-14(21)17-12-7-2-1-3-8-12/h1-9H,(H2,17,18,20,21). The van der Waals surface area contributed by atoms with Gasteiger partial charge in [0.2, 0.25) is 5.13 Å². The number of nitrogens with one attached hydrogen (secondary N) is 2. The van der Waals surface area contributed by atoms with Gasteiger partial charge in [-0.1, -0.05) is 57.6 Å². The van der Waals surface area contributed by atoms with E-state index in [2.05, 4.69) is 36.8 Å². The third-order valence-electron chi connectivity index (χ3n) is 2.75. The number of carbonyl (C=O) groups is 1. The largest absolute Gasteiger partial charge is 0.325 e. The molecule has 1 heterocycles. The van der Waals surface area contributed by atoms with Gasteiger partial charge in [-0.05, 0) is 24.3 Å². The van der Waals surface area contributed by atoms with E-state index in [1.807, 2.05) is 54.6 Å². The fourth-order valence-corrected chi connectivity index (χ4v) is 2.93. The van der Waals surface area contributed by atoms with Crippen molar-refractivity contribution in [3.05, 3.63) is 59.1 Å². The van der Waals surface area contributed by atoms with Gasteiger partial charge in [0.15, 0.2) is 0 Å². The highest BCUT2D eigenvalue weighted by molar-refractivity contribution is 9.10. The first-order valence-electron chi connectivity index (χ1n) is 6.43. The number of urea groups is 1. The number of amides is 2. The monoisotopic (exact) mass is 374 g/mol. The van der Waals surface area contributed by atoms with E-state index in [1.54, 1.807) is 0 Å². The smallest absolute Gasteiger partial charge is 0.308 e. The Kier molecular flexibility index (Phi) is 4.45. The number of benzene rings is 2. The number of nitrogens with zero attached hydrogens (tertiary/aromatic N) is 2. The molecule has 0 bridgehead atoms. The van der Waals surface area contributed by atoms with Crippen molar-refractivity contribution in [1.29, 1.82) is 0 Å². The summed E-state index contributed by atoms with van der Waals surface area (Å²) >= 11 is 4.74. The highest BCUT2D eigenvalue weighted by Gasteiger charge is 2.10. The lowest BCUT2D eigenvalue weighted by Gasteiger charge is -2.03. The Balaban J connectivity index is 1.68. The van der Waals surface area contributed by atoms with Crippen LogP contribution in [-0.2, 0) is 0 Å². The minimum atomic E-state index is -0.344. The Morgan fingerprint density at radius 2 is 1.82 bits per heavy atom. The lowest BCUT2D eigenvalue weighted by atomic mass is 10.2. The van der Waals surface area contributed by atoms with Crippen LogP contribution in [0.25, 0.3) is 10.6 Å². The van der Waals surface area contributed by atoms with Crippen LogP contribution >= 0.6 is 27.3 Å². The Hall–Kier alpha value is -2.25. The van der Waals surface area contributed by atoms with E-state index in [-0.39, 0.29) is 6.03 Å². The van der Waals surface area contributed by atoms with Crippen LogP contribution in [0.4, 0.5) is 15.6 Å². The lowest BCUT2D eigenvalue weighted by Crippen LogP contribution is -2.19. The van der Waals surface area contributed by atoms with Crippen LogP contribution in [-0.4, -0.2) is 16.2 Å². The molecule has 1 aromatic heterocycles. The zero-order chi connectivity index (χ0) is 15.4. The summed E-state index contributed by atoms with van der Waals surface area (Å²) in [4.78, 5) is 11.9. The normalized spacial score (nSPS) is 10.2. The van der Waals surface area contributed by atoms with E-state index < -0.39 is 0 Å². The summed E-state index contributed by atoms with van der Waals surface area (Å²) < 4.78 is 0.969. The molecule has 0 saturated heterocycles. The van der Waals surface area contributed by atoms with Gasteiger partial charge in [-0.3, -0.25) is 5.32 Å². The first-order chi connectivity index (χ1) is 10.7. The van der Waals surface area contributed by atoms with E-state index in [0.29, 0.717) is 5.13 Å². The summed E-state index contributed by atoms with van der Waals surface area (Å²) in [6.07, 6.45) is 0. The highest BCUT2D eigenvalue weighted by Crippen LogP contribution is 2.28. The molecule has 0 unspecified atom stereocenters. The predicted molar refractivity (Wildman–Crippen MR) is 92.1 cm³/mol. The first-order valence-corrected chi connectivity index (χ1v) is 8.04. The maximum atomic E-state index is 11.9. The fourth-order valence-electron chi connectivity index (χ4n) is 1.79. The van der Waals surface area contributed by atoms with E-state index in [1.165, 1.54) is 11.3 Å². The van der Waals surface area contributed by atoms with Crippen LogP contribution in [0, 0.1) is 0 Å². The third-order valence-corrected chi connectivity index (χ3v) is 4.13. The zero-order valence-corrected chi connectivity index (χ0v) is 13.7. The summed E-state index contributed by atoms with van der Waals surface area (Å²) in [5.74, 6) is 0. The van der Waals surface area contributed by atoms with Gasteiger partial charge in [-0.2, -0.15) is 0 Å².